The third-order valence-corrected chi connectivity index (χ3v) is 7.47. The fourth-order valence-electron chi connectivity index (χ4n) is 5.20. The topological polar surface area (TPSA) is 20.3 Å². The number of ketones is 1. The predicted molar refractivity (Wildman–Crippen MR) is 144 cm³/mol. The minimum Gasteiger partial charge on any atom is -0.306 e. The van der Waals surface area contributed by atoms with Crippen molar-refractivity contribution >= 4 is 16.6 Å². The molecule has 1 fully saturated rings. The highest BCUT2D eigenvalue weighted by atomic mass is 16.1. The summed E-state index contributed by atoms with van der Waals surface area (Å²) >= 11 is 0. The summed E-state index contributed by atoms with van der Waals surface area (Å²) < 4.78 is 0. The summed E-state index contributed by atoms with van der Waals surface area (Å²) in [6.45, 7) is 6.17. The summed E-state index contributed by atoms with van der Waals surface area (Å²) in [6.07, 6.45) is 3.49. The van der Waals surface area contributed by atoms with Gasteiger partial charge in [0, 0.05) is 5.56 Å². The van der Waals surface area contributed by atoms with Crippen LogP contribution in [0.3, 0.4) is 0 Å². The SMILES string of the molecule is CCc1ccc(-c2ccc3c(-c4ccc(C5CCN(C)CC5)cc4)cc(C(C)=O)cc3c2)cc1. The number of hydrogen-bond acceptors (Lipinski definition) is 2. The van der Waals surface area contributed by atoms with Crippen molar-refractivity contribution in [2.24, 2.45) is 0 Å². The van der Waals surface area contributed by atoms with Gasteiger partial charge in [-0.2, -0.15) is 0 Å². The lowest BCUT2D eigenvalue weighted by molar-refractivity contribution is 0.101. The van der Waals surface area contributed by atoms with Gasteiger partial charge in [-0.1, -0.05) is 67.6 Å². The molecule has 2 nitrogen and oxygen atoms in total. The number of carbonyl (C=O) groups excluding carboxylic acids is 1. The highest BCUT2D eigenvalue weighted by Gasteiger charge is 2.18. The number of carbonyl (C=O) groups is 1. The van der Waals surface area contributed by atoms with Crippen LogP contribution in [0.1, 0.15) is 54.1 Å². The van der Waals surface area contributed by atoms with Crippen LogP contribution in [0.5, 0.6) is 0 Å². The van der Waals surface area contributed by atoms with Gasteiger partial charge in [0.25, 0.3) is 0 Å². The number of likely N-dealkylation sites (tertiary alicyclic amines) is 1. The number of benzene rings is 4. The second-order valence-electron chi connectivity index (χ2n) is 9.77. The number of fused-ring (bicyclic) bond motifs is 1. The van der Waals surface area contributed by atoms with E-state index < -0.39 is 0 Å². The third-order valence-electron chi connectivity index (χ3n) is 7.47. The number of piperidine rings is 1. The molecule has 1 saturated heterocycles. The Hall–Kier alpha value is -3.23. The van der Waals surface area contributed by atoms with Gasteiger partial charge in [0.15, 0.2) is 5.78 Å². The van der Waals surface area contributed by atoms with Crippen LogP contribution >= 0.6 is 0 Å². The van der Waals surface area contributed by atoms with Gasteiger partial charge in [-0.25, -0.2) is 0 Å². The Morgan fingerprint density at radius 3 is 2.12 bits per heavy atom. The van der Waals surface area contributed by atoms with Gasteiger partial charge >= 0.3 is 0 Å². The molecule has 1 heterocycles. The average molecular weight is 448 g/mol. The summed E-state index contributed by atoms with van der Waals surface area (Å²) in [5, 5.41) is 2.30. The molecular weight excluding hydrogens is 414 g/mol. The average Bonchev–Trinajstić information content (AvgIpc) is 2.88. The Balaban J connectivity index is 1.54. The smallest absolute Gasteiger partial charge is 0.159 e. The van der Waals surface area contributed by atoms with E-state index in [0.29, 0.717) is 5.92 Å². The minimum atomic E-state index is 0.101. The quantitative estimate of drug-likeness (QED) is 0.292. The summed E-state index contributed by atoms with van der Waals surface area (Å²) in [4.78, 5) is 14.8. The van der Waals surface area contributed by atoms with Crippen LogP contribution in [0.4, 0.5) is 0 Å². The summed E-state index contributed by atoms with van der Waals surface area (Å²) in [5.41, 5.74) is 8.22. The molecule has 0 N–H and O–H groups in total. The largest absolute Gasteiger partial charge is 0.306 e. The van der Waals surface area contributed by atoms with E-state index >= 15 is 0 Å². The summed E-state index contributed by atoms with van der Waals surface area (Å²) in [5.74, 6) is 0.746. The predicted octanol–water partition coefficient (Wildman–Crippen LogP) is 7.75. The lowest BCUT2D eigenvalue weighted by atomic mass is 9.87. The number of nitrogens with zero attached hydrogens (tertiary/aromatic N) is 1. The first-order chi connectivity index (χ1) is 16.5. The second kappa shape index (κ2) is 9.56. The zero-order valence-corrected chi connectivity index (χ0v) is 20.5. The van der Waals surface area contributed by atoms with Crippen LogP contribution in [0.15, 0.2) is 78.9 Å². The first kappa shape index (κ1) is 22.6. The van der Waals surface area contributed by atoms with Gasteiger partial charge in [0.2, 0.25) is 0 Å². The van der Waals surface area contributed by atoms with Crippen molar-refractivity contribution in [1.82, 2.24) is 4.90 Å². The second-order valence-corrected chi connectivity index (χ2v) is 9.77. The first-order valence-corrected chi connectivity index (χ1v) is 12.5. The van der Waals surface area contributed by atoms with E-state index in [0.717, 1.165) is 22.9 Å². The maximum atomic E-state index is 12.4. The van der Waals surface area contributed by atoms with E-state index in [9.17, 15) is 4.79 Å². The Kier molecular flexibility index (Phi) is 6.34. The Morgan fingerprint density at radius 2 is 1.47 bits per heavy atom. The maximum Gasteiger partial charge on any atom is 0.159 e. The maximum absolute atomic E-state index is 12.4. The first-order valence-electron chi connectivity index (χ1n) is 12.5. The number of aryl methyl sites for hydroxylation is 1. The van der Waals surface area contributed by atoms with Crippen molar-refractivity contribution < 1.29 is 4.79 Å². The molecule has 0 aliphatic carbocycles. The lowest BCUT2D eigenvalue weighted by Gasteiger charge is -2.29. The molecule has 1 aliphatic heterocycles. The molecule has 0 radical (unpaired) electrons. The van der Waals surface area contributed by atoms with E-state index in [4.69, 9.17) is 0 Å². The summed E-state index contributed by atoms with van der Waals surface area (Å²) in [6, 6.07) is 28.6. The van der Waals surface area contributed by atoms with Gasteiger partial charge in [-0.05, 0) is 115 Å². The molecular formula is C32H33NO. The van der Waals surface area contributed by atoms with E-state index in [2.05, 4.69) is 91.7 Å². The molecule has 0 aromatic heterocycles. The number of rotatable bonds is 5. The lowest BCUT2D eigenvalue weighted by Crippen LogP contribution is -2.29. The highest BCUT2D eigenvalue weighted by molar-refractivity contribution is 6.05. The van der Waals surface area contributed by atoms with E-state index in [-0.39, 0.29) is 5.78 Å². The molecule has 0 saturated carbocycles. The molecule has 1 aliphatic rings. The molecule has 2 heteroatoms. The zero-order valence-electron chi connectivity index (χ0n) is 20.5. The van der Waals surface area contributed by atoms with Crippen LogP contribution in [-0.2, 0) is 6.42 Å². The fraction of sp³-hybridized carbons (Fsp3) is 0.281. The number of hydrogen-bond donors (Lipinski definition) is 0. The third kappa shape index (κ3) is 4.56. The summed E-state index contributed by atoms with van der Waals surface area (Å²) in [7, 11) is 2.21. The molecule has 4 aromatic rings. The minimum absolute atomic E-state index is 0.101. The normalized spacial score (nSPS) is 15.0. The van der Waals surface area contributed by atoms with Crippen molar-refractivity contribution in [2.75, 3.05) is 20.1 Å². The Morgan fingerprint density at radius 1 is 0.824 bits per heavy atom. The van der Waals surface area contributed by atoms with Crippen molar-refractivity contribution in [3.05, 3.63) is 95.6 Å². The molecule has 34 heavy (non-hydrogen) atoms. The molecule has 4 aromatic carbocycles. The van der Waals surface area contributed by atoms with Gasteiger partial charge in [0.05, 0.1) is 0 Å². The van der Waals surface area contributed by atoms with E-state index in [1.54, 1.807) is 6.92 Å². The Labute approximate surface area is 203 Å². The van der Waals surface area contributed by atoms with Crippen molar-refractivity contribution in [3.63, 3.8) is 0 Å². The Bertz CT molecular complexity index is 1310. The molecule has 0 bridgehead atoms. The molecule has 5 rings (SSSR count). The molecule has 172 valence electrons. The fourth-order valence-corrected chi connectivity index (χ4v) is 5.20. The van der Waals surface area contributed by atoms with E-state index in [1.165, 1.54) is 59.1 Å². The zero-order chi connectivity index (χ0) is 23.7. The van der Waals surface area contributed by atoms with Crippen LogP contribution in [0.2, 0.25) is 0 Å². The van der Waals surface area contributed by atoms with Gasteiger partial charge < -0.3 is 4.90 Å². The van der Waals surface area contributed by atoms with Crippen molar-refractivity contribution in [2.45, 2.75) is 39.0 Å². The molecule has 0 amide bonds. The van der Waals surface area contributed by atoms with Crippen LogP contribution < -0.4 is 0 Å². The van der Waals surface area contributed by atoms with Crippen LogP contribution in [0, 0.1) is 0 Å². The highest BCUT2D eigenvalue weighted by Crippen LogP contribution is 2.35. The number of Topliss-reactive ketones (excluding diaryl/α,β-unsaturated/α-hetero) is 1. The van der Waals surface area contributed by atoms with E-state index in [1.807, 2.05) is 6.07 Å². The van der Waals surface area contributed by atoms with Crippen molar-refractivity contribution in [3.8, 4) is 22.3 Å². The standard InChI is InChI=1S/C32H33NO/c1-4-23-5-7-25(8-6-23)28-13-14-31-30(19-28)20-29(22(2)34)21-32(31)27-11-9-24(10-12-27)26-15-17-33(3)18-16-26/h5-14,19-21,26H,4,15-18H2,1-3H3. The molecule has 0 atom stereocenters. The van der Waals surface area contributed by atoms with Crippen LogP contribution in [0.25, 0.3) is 33.0 Å². The van der Waals surface area contributed by atoms with Gasteiger partial charge in [-0.3, -0.25) is 4.79 Å². The molecule has 0 unspecified atom stereocenters. The van der Waals surface area contributed by atoms with Gasteiger partial charge in [-0.15, -0.1) is 0 Å². The van der Waals surface area contributed by atoms with Crippen LogP contribution in [-0.4, -0.2) is 30.8 Å². The van der Waals surface area contributed by atoms with Gasteiger partial charge in [0.1, 0.15) is 0 Å². The van der Waals surface area contributed by atoms with Crippen molar-refractivity contribution in [1.29, 1.82) is 0 Å². The monoisotopic (exact) mass is 447 g/mol. The molecule has 0 spiro atoms.